The van der Waals surface area contributed by atoms with Crippen molar-refractivity contribution in [2.24, 2.45) is 0 Å². The summed E-state index contributed by atoms with van der Waals surface area (Å²) in [5.41, 5.74) is 2.02. The molecular formula is C24H32O5. The molecule has 2 rings (SSSR count). The second kappa shape index (κ2) is 12.0. The van der Waals surface area contributed by atoms with Crippen LogP contribution in [-0.2, 0) is 11.2 Å². The van der Waals surface area contributed by atoms with Crippen molar-refractivity contribution in [3.63, 3.8) is 0 Å². The van der Waals surface area contributed by atoms with E-state index < -0.39 is 0 Å². The molecule has 0 radical (unpaired) electrons. The van der Waals surface area contributed by atoms with Crippen LogP contribution in [0.25, 0.3) is 0 Å². The number of benzene rings is 2. The Labute approximate surface area is 173 Å². The highest BCUT2D eigenvalue weighted by Crippen LogP contribution is 2.45. The molecule has 0 fully saturated rings. The number of hydrogen-bond acceptors (Lipinski definition) is 5. The first-order valence-electron chi connectivity index (χ1n) is 9.90. The van der Waals surface area contributed by atoms with Gasteiger partial charge in [-0.1, -0.05) is 36.4 Å². The molecule has 29 heavy (non-hydrogen) atoms. The van der Waals surface area contributed by atoms with Crippen LogP contribution in [0.15, 0.2) is 49.1 Å². The van der Waals surface area contributed by atoms with Gasteiger partial charge in [-0.25, -0.2) is 0 Å². The minimum absolute atomic E-state index is 0.153. The minimum Gasteiger partial charge on any atom is -0.507 e. The van der Waals surface area contributed by atoms with Crippen molar-refractivity contribution < 1.29 is 24.1 Å². The Bertz CT molecular complexity index is 758. The van der Waals surface area contributed by atoms with Crippen LogP contribution in [0.1, 0.15) is 36.3 Å². The van der Waals surface area contributed by atoms with E-state index in [0.717, 1.165) is 24.8 Å². The van der Waals surface area contributed by atoms with E-state index in [1.54, 1.807) is 26.4 Å². The first-order valence-corrected chi connectivity index (χ1v) is 9.90. The Kier molecular flexibility index (Phi) is 9.38. The first kappa shape index (κ1) is 22.6. The van der Waals surface area contributed by atoms with Gasteiger partial charge in [-0.05, 0) is 37.2 Å². The summed E-state index contributed by atoms with van der Waals surface area (Å²) >= 11 is 0. The SMILES string of the molecule is C=CCOCCCC(CCc1c(O)cc(OC)c(OC)c1OC)c1ccccc1. The van der Waals surface area contributed by atoms with Crippen LogP contribution in [0.5, 0.6) is 23.0 Å². The van der Waals surface area contributed by atoms with Crippen LogP contribution in [-0.4, -0.2) is 39.6 Å². The lowest BCUT2D eigenvalue weighted by molar-refractivity contribution is 0.156. The number of methoxy groups -OCH3 is 3. The fourth-order valence-corrected chi connectivity index (χ4v) is 3.56. The van der Waals surface area contributed by atoms with E-state index in [0.29, 0.717) is 42.8 Å². The maximum Gasteiger partial charge on any atom is 0.203 e. The van der Waals surface area contributed by atoms with Crippen molar-refractivity contribution in [3.05, 3.63) is 60.2 Å². The second-order valence-electron chi connectivity index (χ2n) is 6.80. The van der Waals surface area contributed by atoms with Gasteiger partial charge in [0.15, 0.2) is 11.5 Å². The zero-order valence-corrected chi connectivity index (χ0v) is 17.6. The summed E-state index contributed by atoms with van der Waals surface area (Å²) in [6.07, 6.45) is 5.24. The van der Waals surface area contributed by atoms with Crippen LogP contribution in [0.4, 0.5) is 0 Å². The van der Waals surface area contributed by atoms with Crippen LogP contribution in [0, 0.1) is 0 Å². The van der Waals surface area contributed by atoms with Gasteiger partial charge in [-0.3, -0.25) is 0 Å². The Balaban J connectivity index is 2.18. The second-order valence-corrected chi connectivity index (χ2v) is 6.80. The average molecular weight is 401 g/mol. The molecule has 0 aliphatic rings. The van der Waals surface area contributed by atoms with E-state index in [1.807, 2.05) is 6.07 Å². The number of phenolic OH excluding ortho intramolecular Hbond substituents is 1. The summed E-state index contributed by atoms with van der Waals surface area (Å²) in [7, 11) is 4.68. The molecule has 0 aliphatic carbocycles. The monoisotopic (exact) mass is 400 g/mol. The van der Waals surface area contributed by atoms with Crippen LogP contribution in [0.2, 0.25) is 0 Å². The van der Waals surface area contributed by atoms with Gasteiger partial charge in [0.2, 0.25) is 5.75 Å². The Morgan fingerprint density at radius 3 is 2.34 bits per heavy atom. The molecule has 5 heteroatoms. The summed E-state index contributed by atoms with van der Waals surface area (Å²) in [6, 6.07) is 12.0. The first-order chi connectivity index (χ1) is 14.2. The third kappa shape index (κ3) is 6.16. The van der Waals surface area contributed by atoms with Gasteiger partial charge in [0.25, 0.3) is 0 Å². The number of aromatic hydroxyl groups is 1. The summed E-state index contributed by atoms with van der Waals surface area (Å²) < 4.78 is 21.9. The topological polar surface area (TPSA) is 57.2 Å². The van der Waals surface area contributed by atoms with Gasteiger partial charge < -0.3 is 24.1 Å². The zero-order valence-electron chi connectivity index (χ0n) is 17.6. The van der Waals surface area contributed by atoms with Crippen molar-refractivity contribution in [2.75, 3.05) is 34.5 Å². The lowest BCUT2D eigenvalue weighted by Gasteiger charge is -2.20. The molecule has 0 amide bonds. The molecule has 1 N–H and O–H groups in total. The van der Waals surface area contributed by atoms with E-state index >= 15 is 0 Å². The molecule has 5 nitrogen and oxygen atoms in total. The smallest absolute Gasteiger partial charge is 0.203 e. The van der Waals surface area contributed by atoms with Gasteiger partial charge in [-0.2, -0.15) is 0 Å². The van der Waals surface area contributed by atoms with Crippen LogP contribution < -0.4 is 14.2 Å². The number of rotatable bonds is 13. The predicted octanol–water partition coefficient (Wildman–Crippen LogP) is 5.12. The van der Waals surface area contributed by atoms with E-state index in [-0.39, 0.29) is 5.75 Å². The molecule has 0 aliphatic heterocycles. The molecule has 0 aromatic heterocycles. The zero-order chi connectivity index (χ0) is 21.1. The highest BCUT2D eigenvalue weighted by atomic mass is 16.5. The van der Waals surface area contributed by atoms with Crippen molar-refractivity contribution in [1.29, 1.82) is 0 Å². The van der Waals surface area contributed by atoms with E-state index in [9.17, 15) is 5.11 Å². The largest absolute Gasteiger partial charge is 0.507 e. The van der Waals surface area contributed by atoms with Crippen LogP contribution in [0.3, 0.4) is 0 Å². The van der Waals surface area contributed by atoms with Crippen molar-refractivity contribution in [2.45, 2.75) is 31.6 Å². The lowest BCUT2D eigenvalue weighted by Crippen LogP contribution is -2.06. The Morgan fingerprint density at radius 1 is 1.00 bits per heavy atom. The number of ether oxygens (including phenoxy) is 4. The summed E-state index contributed by atoms with van der Waals surface area (Å²) in [6.45, 7) is 4.96. The Morgan fingerprint density at radius 2 is 1.72 bits per heavy atom. The van der Waals surface area contributed by atoms with Gasteiger partial charge in [0, 0.05) is 18.2 Å². The van der Waals surface area contributed by atoms with Gasteiger partial charge in [0.05, 0.1) is 27.9 Å². The normalized spacial score (nSPS) is 11.7. The maximum atomic E-state index is 10.6. The van der Waals surface area contributed by atoms with Crippen molar-refractivity contribution in [3.8, 4) is 23.0 Å². The molecule has 0 saturated carbocycles. The molecule has 0 spiro atoms. The molecule has 158 valence electrons. The molecule has 0 saturated heterocycles. The van der Waals surface area contributed by atoms with Gasteiger partial charge in [-0.15, -0.1) is 6.58 Å². The number of phenols is 1. The summed E-state index contributed by atoms with van der Waals surface area (Å²) in [5, 5.41) is 10.6. The standard InChI is InChI=1S/C24H32O5/c1-5-15-29-16-9-12-19(18-10-7-6-8-11-18)13-14-20-21(25)17-22(26-2)24(28-4)23(20)27-3/h5-8,10-11,17,19,25H,1,9,12-16H2,2-4H3. The lowest BCUT2D eigenvalue weighted by atomic mass is 9.88. The van der Waals surface area contributed by atoms with Gasteiger partial charge >= 0.3 is 0 Å². The molecule has 2 aromatic rings. The van der Waals surface area contributed by atoms with Crippen molar-refractivity contribution >= 4 is 0 Å². The maximum absolute atomic E-state index is 10.6. The molecule has 1 unspecified atom stereocenters. The summed E-state index contributed by atoms with van der Waals surface area (Å²) in [4.78, 5) is 0. The number of hydrogen-bond donors (Lipinski definition) is 1. The average Bonchev–Trinajstić information content (AvgIpc) is 2.76. The molecule has 1 atom stereocenters. The highest BCUT2D eigenvalue weighted by Gasteiger charge is 2.22. The molecule has 0 bridgehead atoms. The quantitative estimate of drug-likeness (QED) is 0.374. The summed E-state index contributed by atoms with van der Waals surface area (Å²) in [5.74, 6) is 1.97. The third-order valence-electron chi connectivity index (χ3n) is 5.00. The molecule has 0 heterocycles. The minimum atomic E-state index is 0.153. The predicted molar refractivity (Wildman–Crippen MR) is 116 cm³/mol. The van der Waals surface area contributed by atoms with Crippen molar-refractivity contribution in [1.82, 2.24) is 0 Å². The van der Waals surface area contributed by atoms with Gasteiger partial charge in [0.1, 0.15) is 5.75 Å². The van der Waals surface area contributed by atoms with Crippen LogP contribution >= 0.6 is 0 Å². The Hall–Kier alpha value is -2.66. The molecule has 2 aromatic carbocycles. The van der Waals surface area contributed by atoms with E-state index in [4.69, 9.17) is 18.9 Å². The third-order valence-corrected chi connectivity index (χ3v) is 5.00. The fourth-order valence-electron chi connectivity index (χ4n) is 3.56. The fraction of sp³-hybridized carbons (Fsp3) is 0.417. The highest BCUT2D eigenvalue weighted by molar-refractivity contribution is 5.61. The molecular weight excluding hydrogens is 368 g/mol. The van der Waals surface area contributed by atoms with E-state index in [2.05, 4.69) is 30.8 Å². The van der Waals surface area contributed by atoms with E-state index in [1.165, 1.54) is 12.7 Å².